The number of aromatic hydroxyl groups is 1. The average Bonchev–Trinajstić information content (AvgIpc) is 3.63. The number of aliphatic carboxylic acids is 1. The van der Waals surface area contributed by atoms with Crippen molar-refractivity contribution in [1.82, 2.24) is 20.5 Å². The minimum Gasteiger partial charge on any atom is -0.508 e. The van der Waals surface area contributed by atoms with Gasteiger partial charge in [0.15, 0.2) is 0 Å². The number of nitrogens with one attached hydrogen (secondary N) is 3. The zero-order valence-corrected chi connectivity index (χ0v) is 23.5. The Labute approximate surface area is 247 Å². The first-order chi connectivity index (χ1) is 20.5. The van der Waals surface area contributed by atoms with Crippen molar-refractivity contribution in [2.24, 2.45) is 11.5 Å². The summed E-state index contributed by atoms with van der Waals surface area (Å²) in [5, 5.41) is 25.4. The van der Waals surface area contributed by atoms with Crippen molar-refractivity contribution in [2.75, 3.05) is 6.54 Å². The number of hydrogen-bond donors (Lipinski definition) is 7. The summed E-state index contributed by atoms with van der Waals surface area (Å²) in [7, 11) is 0. The summed E-state index contributed by atoms with van der Waals surface area (Å²) in [5.74, 6) is -3.80. The second kappa shape index (κ2) is 13.8. The molecule has 228 valence electrons. The molecule has 2 heterocycles. The number of H-pyrrole nitrogens is 1. The van der Waals surface area contributed by atoms with E-state index in [2.05, 4.69) is 15.6 Å². The van der Waals surface area contributed by atoms with Gasteiger partial charge in [-0.05, 0) is 55.0 Å². The molecule has 0 aliphatic carbocycles. The SMILES string of the molecule is NC(=O)CCC(NC(=O)C(N)Cc1c[nH]c2ccccc12)C(=O)NC(Cc1ccc(O)cc1)C(=O)N1CCCC1C(=O)O. The Morgan fingerprint density at radius 3 is 2.37 bits per heavy atom. The predicted octanol–water partition coefficient (Wildman–Crippen LogP) is 0.297. The molecule has 1 saturated heterocycles. The van der Waals surface area contributed by atoms with Crippen LogP contribution in [0.5, 0.6) is 5.75 Å². The predicted molar refractivity (Wildman–Crippen MR) is 156 cm³/mol. The molecule has 4 rings (SSSR count). The number of carboxylic acid groups (broad SMARTS) is 1. The van der Waals surface area contributed by atoms with E-state index in [4.69, 9.17) is 11.5 Å². The lowest BCUT2D eigenvalue weighted by Crippen LogP contribution is -2.58. The third kappa shape index (κ3) is 7.89. The van der Waals surface area contributed by atoms with E-state index >= 15 is 0 Å². The molecule has 0 saturated carbocycles. The van der Waals surface area contributed by atoms with Gasteiger partial charge in [-0.15, -0.1) is 0 Å². The number of carbonyl (C=O) groups is 5. The fraction of sp³-hybridized carbons (Fsp3) is 0.367. The normalized spacial score (nSPS) is 16.8. The minimum absolute atomic E-state index is 0.00967. The van der Waals surface area contributed by atoms with Gasteiger partial charge in [-0.3, -0.25) is 19.2 Å². The maximum atomic E-state index is 13.6. The van der Waals surface area contributed by atoms with Crippen molar-refractivity contribution < 1.29 is 34.2 Å². The van der Waals surface area contributed by atoms with Gasteiger partial charge in [-0.1, -0.05) is 30.3 Å². The summed E-state index contributed by atoms with van der Waals surface area (Å²) in [4.78, 5) is 67.9. The Hall–Kier alpha value is -4.91. The van der Waals surface area contributed by atoms with Gasteiger partial charge in [0.25, 0.3) is 0 Å². The fourth-order valence-corrected chi connectivity index (χ4v) is 5.29. The number of phenols is 1. The third-order valence-corrected chi connectivity index (χ3v) is 7.58. The molecule has 9 N–H and O–H groups in total. The molecular formula is C30H36N6O7. The van der Waals surface area contributed by atoms with Crippen LogP contribution in [-0.4, -0.2) is 80.4 Å². The van der Waals surface area contributed by atoms with Crippen LogP contribution in [0.4, 0.5) is 0 Å². The number of hydrogen-bond acceptors (Lipinski definition) is 7. The van der Waals surface area contributed by atoms with E-state index in [9.17, 15) is 34.2 Å². The number of benzene rings is 2. The number of aromatic nitrogens is 1. The lowest BCUT2D eigenvalue weighted by Gasteiger charge is -2.29. The van der Waals surface area contributed by atoms with Crippen molar-refractivity contribution in [3.63, 3.8) is 0 Å². The first-order valence-electron chi connectivity index (χ1n) is 14.0. The Morgan fingerprint density at radius 2 is 1.67 bits per heavy atom. The Bertz CT molecular complexity index is 1490. The van der Waals surface area contributed by atoms with Crippen LogP contribution in [0.25, 0.3) is 10.9 Å². The number of primary amides is 1. The molecule has 13 heteroatoms. The summed E-state index contributed by atoms with van der Waals surface area (Å²) in [5.41, 5.74) is 13.8. The number of para-hydroxylation sites is 1. The van der Waals surface area contributed by atoms with Crippen molar-refractivity contribution in [2.45, 2.75) is 62.7 Å². The highest BCUT2D eigenvalue weighted by molar-refractivity contribution is 5.95. The monoisotopic (exact) mass is 592 g/mol. The molecule has 4 amide bonds. The van der Waals surface area contributed by atoms with Gasteiger partial charge in [0.05, 0.1) is 6.04 Å². The minimum atomic E-state index is -1.25. The van der Waals surface area contributed by atoms with E-state index in [0.717, 1.165) is 16.5 Å². The van der Waals surface area contributed by atoms with Gasteiger partial charge in [-0.2, -0.15) is 0 Å². The number of carboxylic acids is 1. The zero-order valence-electron chi connectivity index (χ0n) is 23.5. The Balaban J connectivity index is 1.51. The van der Waals surface area contributed by atoms with Crippen LogP contribution in [0.2, 0.25) is 0 Å². The average molecular weight is 593 g/mol. The molecule has 0 spiro atoms. The molecule has 1 aromatic heterocycles. The summed E-state index contributed by atoms with van der Waals surface area (Å²) in [6.07, 6.45) is 2.34. The van der Waals surface area contributed by atoms with Gasteiger partial charge in [0, 0.05) is 36.5 Å². The summed E-state index contributed by atoms with van der Waals surface area (Å²) in [6, 6.07) is 9.06. The fourth-order valence-electron chi connectivity index (χ4n) is 5.29. The van der Waals surface area contributed by atoms with Crippen molar-refractivity contribution in [1.29, 1.82) is 0 Å². The van der Waals surface area contributed by atoms with E-state index in [0.29, 0.717) is 12.0 Å². The summed E-state index contributed by atoms with van der Waals surface area (Å²) in [6.45, 7) is 0.211. The molecule has 2 aromatic carbocycles. The lowest BCUT2D eigenvalue weighted by molar-refractivity contribution is -0.149. The second-order valence-corrected chi connectivity index (χ2v) is 10.7. The molecule has 43 heavy (non-hydrogen) atoms. The number of likely N-dealkylation sites (tertiary alicyclic amines) is 1. The number of carbonyl (C=O) groups excluding carboxylic acids is 4. The quantitative estimate of drug-likeness (QED) is 0.146. The summed E-state index contributed by atoms with van der Waals surface area (Å²) >= 11 is 0. The summed E-state index contributed by atoms with van der Waals surface area (Å²) < 4.78 is 0. The van der Waals surface area contributed by atoms with Crippen LogP contribution in [0.1, 0.15) is 36.8 Å². The van der Waals surface area contributed by atoms with Gasteiger partial charge in [-0.25, -0.2) is 4.79 Å². The maximum Gasteiger partial charge on any atom is 0.326 e. The molecule has 3 aromatic rings. The van der Waals surface area contributed by atoms with Crippen LogP contribution < -0.4 is 22.1 Å². The van der Waals surface area contributed by atoms with E-state index in [1.165, 1.54) is 17.0 Å². The number of nitrogens with zero attached hydrogens (tertiary/aromatic N) is 1. The highest BCUT2D eigenvalue weighted by Crippen LogP contribution is 2.21. The lowest BCUT2D eigenvalue weighted by atomic mass is 10.0. The highest BCUT2D eigenvalue weighted by atomic mass is 16.4. The molecule has 0 bridgehead atoms. The van der Waals surface area contributed by atoms with E-state index in [1.54, 1.807) is 18.3 Å². The number of nitrogens with two attached hydrogens (primary N) is 2. The van der Waals surface area contributed by atoms with Crippen molar-refractivity contribution >= 4 is 40.5 Å². The van der Waals surface area contributed by atoms with E-state index < -0.39 is 53.8 Å². The van der Waals surface area contributed by atoms with Gasteiger partial charge in [0.2, 0.25) is 23.6 Å². The van der Waals surface area contributed by atoms with Gasteiger partial charge >= 0.3 is 5.97 Å². The first-order valence-corrected chi connectivity index (χ1v) is 14.0. The van der Waals surface area contributed by atoms with Crippen LogP contribution in [0, 0.1) is 0 Å². The van der Waals surface area contributed by atoms with E-state index in [1.807, 2.05) is 24.3 Å². The molecule has 1 aliphatic rings. The molecule has 4 unspecified atom stereocenters. The maximum absolute atomic E-state index is 13.6. The molecule has 1 aliphatic heterocycles. The van der Waals surface area contributed by atoms with Crippen LogP contribution in [-0.2, 0) is 36.8 Å². The standard InChI is InChI=1S/C30H36N6O7/c31-21(15-18-16-33-22-5-2-1-4-20(18)22)27(39)34-23(11-12-26(32)38)28(40)35-24(14-17-7-9-19(37)10-8-17)29(41)36-13-3-6-25(36)30(42)43/h1-2,4-5,7-10,16,21,23-25,33,37H,3,6,11-15,31H2,(H2,32,38)(H,34,39)(H,35,40)(H,42,43). The number of aromatic amines is 1. The number of fused-ring (bicyclic) bond motifs is 1. The van der Waals surface area contributed by atoms with Gasteiger partial charge < -0.3 is 42.2 Å². The number of phenolic OH excluding ortho intramolecular Hbond substituents is 1. The molecule has 4 atom stereocenters. The van der Waals surface area contributed by atoms with Crippen LogP contribution in [0.15, 0.2) is 54.7 Å². The molecule has 13 nitrogen and oxygen atoms in total. The third-order valence-electron chi connectivity index (χ3n) is 7.58. The molecular weight excluding hydrogens is 556 g/mol. The Kier molecular flexibility index (Phi) is 9.99. The highest BCUT2D eigenvalue weighted by Gasteiger charge is 2.38. The smallest absolute Gasteiger partial charge is 0.326 e. The van der Waals surface area contributed by atoms with Crippen molar-refractivity contribution in [3.8, 4) is 5.75 Å². The van der Waals surface area contributed by atoms with E-state index in [-0.39, 0.29) is 44.4 Å². The largest absolute Gasteiger partial charge is 0.508 e. The molecule has 0 radical (unpaired) electrons. The van der Waals surface area contributed by atoms with Crippen molar-refractivity contribution in [3.05, 3.63) is 65.9 Å². The number of rotatable bonds is 13. The topological polar surface area (TPSA) is 221 Å². The second-order valence-electron chi connectivity index (χ2n) is 10.7. The zero-order chi connectivity index (χ0) is 31.1. The van der Waals surface area contributed by atoms with Gasteiger partial charge in [0.1, 0.15) is 23.9 Å². The molecule has 1 fully saturated rings. The Morgan fingerprint density at radius 1 is 0.977 bits per heavy atom. The first kappa shape index (κ1) is 31.0. The number of amides is 4. The van der Waals surface area contributed by atoms with Crippen LogP contribution in [0.3, 0.4) is 0 Å². The van der Waals surface area contributed by atoms with Crippen LogP contribution >= 0.6 is 0 Å².